The van der Waals surface area contributed by atoms with E-state index >= 15 is 0 Å². The number of nitrogens with zero attached hydrogens (tertiary/aromatic N) is 1. The van der Waals surface area contributed by atoms with Crippen molar-refractivity contribution in [3.8, 4) is 11.5 Å². The third-order valence-corrected chi connectivity index (χ3v) is 5.82. The van der Waals surface area contributed by atoms with E-state index in [4.69, 9.17) is 14.5 Å². The Bertz CT molecular complexity index is 1040. The van der Waals surface area contributed by atoms with Gasteiger partial charge >= 0.3 is 0 Å². The van der Waals surface area contributed by atoms with Gasteiger partial charge in [-0.25, -0.2) is 4.98 Å². The number of nitrogens with one attached hydrogen (secondary N) is 1. The third-order valence-electron chi connectivity index (χ3n) is 4.81. The summed E-state index contributed by atoms with van der Waals surface area (Å²) in [5.74, 6) is 1.28. The fourth-order valence-electron chi connectivity index (χ4n) is 3.15. The molecule has 0 aliphatic heterocycles. The van der Waals surface area contributed by atoms with Crippen LogP contribution < -0.4 is 14.8 Å². The predicted octanol–water partition coefficient (Wildman–Crippen LogP) is 4.67. The molecular formula is C23H26N2O3S. The van der Waals surface area contributed by atoms with Gasteiger partial charge in [-0.2, -0.15) is 0 Å². The van der Waals surface area contributed by atoms with Crippen molar-refractivity contribution in [2.24, 2.45) is 0 Å². The number of pyridine rings is 1. The van der Waals surface area contributed by atoms with Gasteiger partial charge in [-0.05, 0) is 55.7 Å². The van der Waals surface area contributed by atoms with E-state index in [1.165, 1.54) is 17.3 Å². The molecule has 0 fully saturated rings. The van der Waals surface area contributed by atoms with Crippen LogP contribution in [0.4, 0.5) is 0 Å². The minimum Gasteiger partial charge on any atom is -0.493 e. The largest absolute Gasteiger partial charge is 0.493 e. The number of ether oxygens (including phenoxy) is 2. The molecule has 0 radical (unpaired) electrons. The van der Waals surface area contributed by atoms with Crippen molar-refractivity contribution in [3.63, 3.8) is 0 Å². The van der Waals surface area contributed by atoms with Gasteiger partial charge in [0, 0.05) is 11.9 Å². The molecule has 3 aromatic rings. The Morgan fingerprint density at radius 3 is 2.55 bits per heavy atom. The number of thioether (sulfide) groups is 1. The second-order valence-electron chi connectivity index (χ2n) is 6.92. The van der Waals surface area contributed by atoms with E-state index in [1.54, 1.807) is 14.2 Å². The highest BCUT2D eigenvalue weighted by Gasteiger charge is 2.16. The molecule has 0 aliphatic rings. The molecule has 1 atom stereocenters. The number of amides is 1. The zero-order chi connectivity index (χ0) is 21.0. The number of hydrogen-bond acceptors (Lipinski definition) is 5. The van der Waals surface area contributed by atoms with E-state index < -0.39 is 0 Å². The first-order valence-electron chi connectivity index (χ1n) is 9.45. The Labute approximate surface area is 175 Å². The molecule has 1 aromatic heterocycles. The average Bonchev–Trinajstić information content (AvgIpc) is 2.72. The van der Waals surface area contributed by atoms with Crippen LogP contribution >= 0.6 is 11.8 Å². The first-order chi connectivity index (χ1) is 13.9. The summed E-state index contributed by atoms with van der Waals surface area (Å²) in [7, 11) is 3.20. The fourth-order valence-corrected chi connectivity index (χ4v) is 4.09. The Kier molecular flexibility index (Phi) is 6.64. The summed E-state index contributed by atoms with van der Waals surface area (Å²) >= 11 is 1.47. The van der Waals surface area contributed by atoms with Crippen molar-refractivity contribution < 1.29 is 14.3 Å². The van der Waals surface area contributed by atoms with E-state index in [9.17, 15) is 4.79 Å². The Balaban J connectivity index is 1.67. The molecule has 0 saturated heterocycles. The number of rotatable bonds is 7. The molecule has 1 heterocycles. The lowest BCUT2D eigenvalue weighted by molar-refractivity contribution is -0.120. The quantitative estimate of drug-likeness (QED) is 0.574. The topological polar surface area (TPSA) is 60.5 Å². The lowest BCUT2D eigenvalue weighted by Gasteiger charge is -2.14. The summed E-state index contributed by atoms with van der Waals surface area (Å²) in [4.78, 5) is 17.4. The van der Waals surface area contributed by atoms with Gasteiger partial charge < -0.3 is 14.8 Å². The van der Waals surface area contributed by atoms with Crippen LogP contribution in [-0.2, 0) is 11.3 Å². The maximum absolute atomic E-state index is 12.6. The summed E-state index contributed by atoms with van der Waals surface area (Å²) in [5.41, 5.74) is 4.24. The average molecular weight is 411 g/mol. The highest BCUT2D eigenvalue weighted by molar-refractivity contribution is 8.00. The number of fused-ring (bicyclic) bond motifs is 1. The van der Waals surface area contributed by atoms with Crippen LogP contribution in [0.25, 0.3) is 10.9 Å². The molecule has 0 bridgehead atoms. The van der Waals surface area contributed by atoms with Crippen LogP contribution in [0.5, 0.6) is 11.5 Å². The Morgan fingerprint density at radius 1 is 1.07 bits per heavy atom. The first kappa shape index (κ1) is 21.0. The number of benzene rings is 2. The molecule has 2 aromatic carbocycles. The van der Waals surface area contributed by atoms with E-state index in [0.29, 0.717) is 18.0 Å². The van der Waals surface area contributed by atoms with Crippen molar-refractivity contribution in [3.05, 3.63) is 59.2 Å². The summed E-state index contributed by atoms with van der Waals surface area (Å²) in [6.45, 7) is 6.46. The molecule has 6 heteroatoms. The van der Waals surface area contributed by atoms with Gasteiger partial charge in [0.1, 0.15) is 0 Å². The number of carbonyl (C=O) groups excluding carboxylic acids is 1. The van der Waals surface area contributed by atoms with Gasteiger partial charge in [-0.1, -0.05) is 36.0 Å². The van der Waals surface area contributed by atoms with E-state index in [-0.39, 0.29) is 11.2 Å². The molecule has 5 nitrogen and oxygen atoms in total. The number of hydrogen-bond donors (Lipinski definition) is 1. The summed E-state index contributed by atoms with van der Waals surface area (Å²) < 4.78 is 10.6. The molecule has 0 aliphatic carbocycles. The summed E-state index contributed by atoms with van der Waals surface area (Å²) in [5, 5.41) is 4.74. The van der Waals surface area contributed by atoms with E-state index in [0.717, 1.165) is 27.1 Å². The van der Waals surface area contributed by atoms with Crippen LogP contribution in [0.15, 0.2) is 47.5 Å². The van der Waals surface area contributed by atoms with Gasteiger partial charge in [-0.3, -0.25) is 4.79 Å². The van der Waals surface area contributed by atoms with Crippen molar-refractivity contribution in [1.82, 2.24) is 10.3 Å². The standard InChI is InChI=1S/C23H26N2O3S/c1-14-7-6-8-18-15(2)11-21(25-22(14)18)29-16(3)23(26)24-13-17-9-10-19(27-4)20(12-17)28-5/h6-12,16H,13H2,1-5H3,(H,24,26)/t16-/m1/s1. The van der Waals surface area contributed by atoms with E-state index in [1.807, 2.05) is 37.3 Å². The second-order valence-corrected chi connectivity index (χ2v) is 8.28. The Hall–Kier alpha value is -2.73. The highest BCUT2D eigenvalue weighted by atomic mass is 32.2. The number of carbonyl (C=O) groups is 1. The molecule has 0 spiro atoms. The molecule has 29 heavy (non-hydrogen) atoms. The Morgan fingerprint density at radius 2 is 1.83 bits per heavy atom. The van der Waals surface area contributed by atoms with Crippen LogP contribution in [-0.4, -0.2) is 30.4 Å². The maximum atomic E-state index is 12.6. The minimum atomic E-state index is -0.261. The van der Waals surface area contributed by atoms with E-state index in [2.05, 4.69) is 31.3 Å². The predicted molar refractivity (Wildman–Crippen MR) is 118 cm³/mol. The zero-order valence-corrected chi connectivity index (χ0v) is 18.2. The number of aromatic nitrogens is 1. The minimum absolute atomic E-state index is 0.0332. The van der Waals surface area contributed by atoms with Gasteiger partial charge in [0.05, 0.1) is 30.0 Å². The molecule has 0 saturated carbocycles. The molecule has 1 N–H and O–H groups in total. The summed E-state index contributed by atoms with van der Waals surface area (Å²) in [6, 6.07) is 13.8. The lowest BCUT2D eigenvalue weighted by Crippen LogP contribution is -2.30. The molecular weight excluding hydrogens is 384 g/mol. The number of aryl methyl sites for hydroxylation is 2. The van der Waals surface area contributed by atoms with Crippen LogP contribution in [0.1, 0.15) is 23.6 Å². The normalized spacial score (nSPS) is 11.9. The van der Waals surface area contributed by atoms with Crippen LogP contribution in [0.2, 0.25) is 0 Å². The second kappa shape index (κ2) is 9.18. The van der Waals surface area contributed by atoms with Gasteiger partial charge in [0.25, 0.3) is 0 Å². The number of methoxy groups -OCH3 is 2. The van der Waals surface area contributed by atoms with Gasteiger partial charge in [0.15, 0.2) is 11.5 Å². The smallest absolute Gasteiger partial charge is 0.233 e. The molecule has 3 rings (SSSR count). The van der Waals surface area contributed by atoms with Gasteiger partial charge in [-0.15, -0.1) is 0 Å². The highest BCUT2D eigenvalue weighted by Crippen LogP contribution is 2.29. The van der Waals surface area contributed by atoms with Crippen molar-refractivity contribution in [2.75, 3.05) is 14.2 Å². The molecule has 152 valence electrons. The van der Waals surface area contributed by atoms with Crippen molar-refractivity contribution >= 4 is 28.6 Å². The third kappa shape index (κ3) is 4.82. The SMILES string of the molecule is COc1ccc(CNC(=O)[C@@H](C)Sc2cc(C)c3cccc(C)c3n2)cc1OC. The molecule has 1 amide bonds. The monoisotopic (exact) mass is 410 g/mol. The van der Waals surface area contributed by atoms with Gasteiger partial charge in [0.2, 0.25) is 5.91 Å². The van der Waals surface area contributed by atoms with Crippen LogP contribution in [0, 0.1) is 13.8 Å². The maximum Gasteiger partial charge on any atom is 0.233 e. The zero-order valence-electron chi connectivity index (χ0n) is 17.4. The first-order valence-corrected chi connectivity index (χ1v) is 10.3. The molecule has 0 unspecified atom stereocenters. The summed E-state index contributed by atoms with van der Waals surface area (Å²) in [6.07, 6.45) is 0. The lowest BCUT2D eigenvalue weighted by atomic mass is 10.1. The fraction of sp³-hybridized carbons (Fsp3) is 0.304. The van der Waals surface area contributed by atoms with Crippen molar-refractivity contribution in [1.29, 1.82) is 0 Å². The van der Waals surface area contributed by atoms with Crippen LogP contribution in [0.3, 0.4) is 0 Å². The number of para-hydroxylation sites is 1. The van der Waals surface area contributed by atoms with Crippen molar-refractivity contribution in [2.45, 2.75) is 37.6 Å².